The summed E-state index contributed by atoms with van der Waals surface area (Å²) in [5.41, 5.74) is 1.36. The van der Waals surface area contributed by atoms with Crippen LogP contribution < -0.4 is 4.74 Å². The quantitative estimate of drug-likeness (QED) is 0.669. The first-order chi connectivity index (χ1) is 10.2. The highest BCUT2D eigenvalue weighted by molar-refractivity contribution is 6.16. The number of fused-ring (bicyclic) bond motifs is 1. The van der Waals surface area contributed by atoms with E-state index in [1.807, 2.05) is 22.4 Å². The van der Waals surface area contributed by atoms with Gasteiger partial charge in [-0.1, -0.05) is 0 Å². The van der Waals surface area contributed by atoms with Gasteiger partial charge in [0.1, 0.15) is 18.0 Å². The van der Waals surface area contributed by atoms with Crippen LogP contribution in [-0.2, 0) is 25.9 Å². The first-order valence-electron chi connectivity index (χ1n) is 6.51. The van der Waals surface area contributed by atoms with Crippen molar-refractivity contribution >= 4 is 22.8 Å². The van der Waals surface area contributed by atoms with Gasteiger partial charge in [0.05, 0.1) is 13.0 Å². The monoisotopic (exact) mass is 306 g/mol. The molecule has 0 spiro atoms. The summed E-state index contributed by atoms with van der Waals surface area (Å²) >= 11 is 6.00. The minimum Gasteiger partial charge on any atom is -0.479 e. The van der Waals surface area contributed by atoms with Crippen LogP contribution in [0.25, 0.3) is 11.2 Å². The van der Waals surface area contributed by atoms with Gasteiger partial charge in [0.2, 0.25) is 5.88 Å². The Kier molecular flexibility index (Phi) is 3.74. The molecule has 0 amide bonds. The topological polar surface area (TPSA) is 70.7 Å². The molecule has 0 fully saturated rings. The lowest BCUT2D eigenvalue weighted by Gasteiger charge is -2.07. The number of aryl methyl sites for hydroxylation is 3. The number of methoxy groups -OCH3 is 1. The minimum atomic E-state index is 0.306. The fourth-order valence-electron chi connectivity index (χ4n) is 2.30. The van der Waals surface area contributed by atoms with E-state index >= 15 is 0 Å². The lowest BCUT2D eigenvalue weighted by atomic mass is 10.4. The number of halogens is 1. The summed E-state index contributed by atoms with van der Waals surface area (Å²) in [5, 5.41) is 0. The largest absolute Gasteiger partial charge is 0.479 e. The van der Waals surface area contributed by atoms with E-state index in [0.717, 1.165) is 23.7 Å². The van der Waals surface area contributed by atoms with Crippen LogP contribution in [0.3, 0.4) is 0 Å². The molecule has 0 N–H and O–H groups in total. The zero-order valence-corrected chi connectivity index (χ0v) is 12.6. The Morgan fingerprint density at radius 2 is 2.10 bits per heavy atom. The molecule has 0 radical (unpaired) electrons. The normalized spacial score (nSPS) is 11.2. The fraction of sp³-hybridized carbons (Fsp3) is 0.385. The summed E-state index contributed by atoms with van der Waals surface area (Å²) < 4.78 is 9.21. The average Bonchev–Trinajstić information content (AvgIpc) is 3.07. The molecule has 8 heteroatoms. The Morgan fingerprint density at radius 1 is 1.24 bits per heavy atom. The third-order valence-corrected chi connectivity index (χ3v) is 3.61. The van der Waals surface area contributed by atoms with Crippen molar-refractivity contribution in [3.63, 3.8) is 0 Å². The van der Waals surface area contributed by atoms with E-state index in [1.54, 1.807) is 13.3 Å². The van der Waals surface area contributed by atoms with Crippen LogP contribution in [0.2, 0.25) is 0 Å². The second-order valence-electron chi connectivity index (χ2n) is 4.57. The molecule has 0 bridgehead atoms. The van der Waals surface area contributed by atoms with E-state index in [1.165, 1.54) is 6.33 Å². The summed E-state index contributed by atoms with van der Waals surface area (Å²) in [6.07, 6.45) is 5.95. The van der Waals surface area contributed by atoms with Crippen LogP contribution >= 0.6 is 11.6 Å². The number of aromatic nitrogens is 6. The van der Waals surface area contributed by atoms with Crippen LogP contribution in [0.1, 0.15) is 11.6 Å². The maximum atomic E-state index is 6.00. The molecular formula is C13H15ClN6O. The Labute approximate surface area is 126 Å². The van der Waals surface area contributed by atoms with Crippen LogP contribution in [0.5, 0.6) is 5.88 Å². The number of hydrogen-bond acceptors (Lipinski definition) is 5. The third kappa shape index (κ3) is 2.44. The Balaban J connectivity index is 1.98. The van der Waals surface area contributed by atoms with Crippen molar-refractivity contribution in [2.24, 2.45) is 7.05 Å². The van der Waals surface area contributed by atoms with Gasteiger partial charge >= 0.3 is 0 Å². The van der Waals surface area contributed by atoms with Crippen molar-refractivity contribution in [2.75, 3.05) is 7.11 Å². The summed E-state index contributed by atoms with van der Waals surface area (Å²) in [6, 6.07) is 0. The molecule has 110 valence electrons. The van der Waals surface area contributed by atoms with Gasteiger partial charge in [0.15, 0.2) is 11.2 Å². The molecule has 3 aromatic rings. The van der Waals surface area contributed by atoms with Crippen molar-refractivity contribution in [1.29, 1.82) is 0 Å². The van der Waals surface area contributed by atoms with Crippen molar-refractivity contribution in [2.45, 2.75) is 18.8 Å². The Morgan fingerprint density at radius 3 is 2.76 bits per heavy atom. The molecule has 3 heterocycles. The van der Waals surface area contributed by atoms with E-state index in [0.29, 0.717) is 23.8 Å². The number of rotatable bonds is 5. The smallest absolute Gasteiger partial charge is 0.245 e. The summed E-state index contributed by atoms with van der Waals surface area (Å²) in [5.74, 6) is 2.51. The van der Waals surface area contributed by atoms with Gasteiger partial charge in [-0.2, -0.15) is 4.98 Å². The molecule has 0 saturated carbocycles. The predicted molar refractivity (Wildman–Crippen MR) is 78.3 cm³/mol. The van der Waals surface area contributed by atoms with Crippen LogP contribution in [-0.4, -0.2) is 36.2 Å². The molecular weight excluding hydrogens is 292 g/mol. The average molecular weight is 307 g/mol. The number of imidazole rings is 2. The molecule has 0 unspecified atom stereocenters. The Hall–Kier alpha value is -2.15. The van der Waals surface area contributed by atoms with Gasteiger partial charge in [0, 0.05) is 32.4 Å². The molecule has 0 aliphatic rings. The van der Waals surface area contributed by atoms with E-state index in [-0.39, 0.29) is 0 Å². The Bertz CT molecular complexity index is 765. The number of hydrogen-bond donors (Lipinski definition) is 0. The highest BCUT2D eigenvalue weighted by Gasteiger charge is 2.16. The van der Waals surface area contributed by atoms with Crippen molar-refractivity contribution in [3.05, 3.63) is 30.4 Å². The third-order valence-electron chi connectivity index (χ3n) is 3.37. The standard InChI is InChI=1S/C13H15ClN6O/c1-19-6-4-15-9(19)3-5-20-10(7-14)18-11-12(20)16-8-17-13(11)21-2/h4,6,8H,3,5,7H2,1-2H3. The summed E-state index contributed by atoms with van der Waals surface area (Å²) in [7, 11) is 3.54. The van der Waals surface area contributed by atoms with Crippen molar-refractivity contribution in [1.82, 2.24) is 29.1 Å². The molecule has 0 aliphatic carbocycles. The molecule has 0 aliphatic heterocycles. The second kappa shape index (κ2) is 5.69. The van der Waals surface area contributed by atoms with Crippen molar-refractivity contribution in [3.8, 4) is 5.88 Å². The van der Waals surface area contributed by atoms with Crippen LogP contribution in [0.15, 0.2) is 18.7 Å². The summed E-state index contributed by atoms with van der Waals surface area (Å²) in [4.78, 5) is 17.2. The molecule has 0 saturated heterocycles. The summed E-state index contributed by atoms with van der Waals surface area (Å²) in [6.45, 7) is 0.698. The maximum Gasteiger partial charge on any atom is 0.245 e. The van der Waals surface area contributed by atoms with E-state index in [4.69, 9.17) is 16.3 Å². The molecule has 21 heavy (non-hydrogen) atoms. The first-order valence-corrected chi connectivity index (χ1v) is 7.04. The predicted octanol–water partition coefficient (Wildman–Crippen LogP) is 1.55. The van der Waals surface area contributed by atoms with Gasteiger partial charge < -0.3 is 13.9 Å². The zero-order chi connectivity index (χ0) is 14.8. The molecule has 7 nitrogen and oxygen atoms in total. The molecule has 3 aromatic heterocycles. The van der Waals surface area contributed by atoms with Gasteiger partial charge in [0.25, 0.3) is 0 Å². The van der Waals surface area contributed by atoms with Gasteiger partial charge in [-0.15, -0.1) is 11.6 Å². The lowest BCUT2D eigenvalue weighted by molar-refractivity contribution is 0.401. The zero-order valence-electron chi connectivity index (χ0n) is 11.8. The van der Waals surface area contributed by atoms with Gasteiger partial charge in [-0.25, -0.2) is 15.0 Å². The highest BCUT2D eigenvalue weighted by Crippen LogP contribution is 2.22. The first kappa shape index (κ1) is 13.8. The van der Waals surface area contributed by atoms with Crippen LogP contribution in [0, 0.1) is 0 Å². The SMILES string of the molecule is COc1ncnc2c1nc(CCl)n2CCc1nccn1C. The second-order valence-corrected chi connectivity index (χ2v) is 4.84. The fourth-order valence-corrected chi connectivity index (χ4v) is 2.50. The number of nitrogens with zero attached hydrogens (tertiary/aromatic N) is 6. The van der Waals surface area contributed by atoms with E-state index < -0.39 is 0 Å². The van der Waals surface area contributed by atoms with Crippen LogP contribution in [0.4, 0.5) is 0 Å². The molecule has 0 aromatic carbocycles. The molecule has 0 atom stereocenters. The lowest BCUT2D eigenvalue weighted by Crippen LogP contribution is -2.08. The van der Waals surface area contributed by atoms with E-state index in [2.05, 4.69) is 19.9 Å². The van der Waals surface area contributed by atoms with Gasteiger partial charge in [-0.3, -0.25) is 0 Å². The number of ether oxygens (including phenoxy) is 1. The van der Waals surface area contributed by atoms with Gasteiger partial charge in [-0.05, 0) is 0 Å². The minimum absolute atomic E-state index is 0.306. The maximum absolute atomic E-state index is 6.00. The van der Waals surface area contributed by atoms with Crippen molar-refractivity contribution < 1.29 is 4.74 Å². The molecule has 3 rings (SSSR count). The van der Waals surface area contributed by atoms with E-state index in [9.17, 15) is 0 Å². The number of alkyl halides is 1. The highest BCUT2D eigenvalue weighted by atomic mass is 35.5.